The van der Waals surface area contributed by atoms with Gasteiger partial charge in [-0.1, -0.05) is 26.3 Å². The van der Waals surface area contributed by atoms with Crippen LogP contribution < -0.4 is 10.6 Å². The third-order valence-electron chi connectivity index (χ3n) is 4.73. The van der Waals surface area contributed by atoms with Crippen LogP contribution in [0.2, 0.25) is 0 Å². The van der Waals surface area contributed by atoms with E-state index in [1.54, 1.807) is 0 Å². The molecule has 0 saturated carbocycles. The van der Waals surface area contributed by atoms with Gasteiger partial charge < -0.3 is 10.6 Å². The number of benzene rings is 1. The molecule has 0 amide bonds. The van der Waals surface area contributed by atoms with Gasteiger partial charge in [0.2, 0.25) is 0 Å². The second-order valence-electron chi connectivity index (χ2n) is 6.64. The molecule has 1 saturated heterocycles. The number of rotatable bonds is 5. The van der Waals surface area contributed by atoms with Gasteiger partial charge in [0.05, 0.1) is 5.56 Å². The molecular formula is C22H33F3N2. The summed E-state index contributed by atoms with van der Waals surface area (Å²) >= 11 is 0. The van der Waals surface area contributed by atoms with Crippen molar-refractivity contribution in [2.24, 2.45) is 5.92 Å². The van der Waals surface area contributed by atoms with Crippen molar-refractivity contribution >= 4 is 5.69 Å². The van der Waals surface area contributed by atoms with Crippen LogP contribution in [0.1, 0.15) is 59.4 Å². The third-order valence-corrected chi connectivity index (χ3v) is 4.73. The molecule has 0 bridgehead atoms. The molecule has 0 unspecified atom stereocenters. The molecule has 152 valence electrons. The number of halogens is 3. The minimum absolute atomic E-state index is 0.547. The minimum Gasteiger partial charge on any atom is -0.359 e. The average molecular weight is 383 g/mol. The monoisotopic (exact) mass is 382 g/mol. The number of alkyl halides is 3. The molecule has 2 rings (SSSR count). The van der Waals surface area contributed by atoms with Crippen LogP contribution in [0.3, 0.4) is 0 Å². The SMILES string of the molecule is CC.CC/C(C)=C(/C=C(/C)Nc1ccc(C(F)(F)F)cc1)C1CCNCC1. The van der Waals surface area contributed by atoms with Crippen LogP contribution >= 0.6 is 0 Å². The lowest BCUT2D eigenvalue weighted by Crippen LogP contribution is -2.28. The summed E-state index contributed by atoms with van der Waals surface area (Å²) in [5, 5.41) is 6.60. The van der Waals surface area contributed by atoms with Crippen LogP contribution in [-0.4, -0.2) is 13.1 Å². The molecule has 1 aromatic carbocycles. The Bertz CT molecular complexity index is 622. The van der Waals surface area contributed by atoms with Crippen LogP contribution in [-0.2, 0) is 6.18 Å². The summed E-state index contributed by atoms with van der Waals surface area (Å²) in [6.07, 6.45) is 1.11. The molecule has 0 atom stereocenters. The van der Waals surface area contributed by atoms with Crippen molar-refractivity contribution in [2.45, 2.75) is 60.1 Å². The molecule has 0 radical (unpaired) electrons. The molecule has 27 heavy (non-hydrogen) atoms. The van der Waals surface area contributed by atoms with E-state index >= 15 is 0 Å². The van der Waals surface area contributed by atoms with Crippen LogP contribution in [0.25, 0.3) is 0 Å². The van der Waals surface area contributed by atoms with Crippen molar-refractivity contribution in [3.8, 4) is 0 Å². The molecule has 1 fully saturated rings. The Kier molecular flexibility index (Phi) is 9.64. The topological polar surface area (TPSA) is 24.1 Å². The molecule has 0 spiro atoms. The molecule has 1 aromatic rings. The van der Waals surface area contributed by atoms with Gasteiger partial charge in [-0.05, 0) is 88.0 Å². The average Bonchev–Trinajstić information content (AvgIpc) is 2.67. The lowest BCUT2D eigenvalue weighted by molar-refractivity contribution is -0.137. The normalized spacial score (nSPS) is 17.0. The van der Waals surface area contributed by atoms with Crippen LogP contribution in [0.5, 0.6) is 0 Å². The maximum Gasteiger partial charge on any atom is 0.416 e. The van der Waals surface area contributed by atoms with E-state index < -0.39 is 11.7 Å². The van der Waals surface area contributed by atoms with Gasteiger partial charge in [0.15, 0.2) is 0 Å². The van der Waals surface area contributed by atoms with Gasteiger partial charge >= 0.3 is 6.18 Å². The first-order valence-corrected chi connectivity index (χ1v) is 9.84. The summed E-state index contributed by atoms with van der Waals surface area (Å²) in [5.74, 6) is 0.547. The first-order valence-electron chi connectivity index (χ1n) is 9.84. The van der Waals surface area contributed by atoms with Gasteiger partial charge in [-0.2, -0.15) is 13.2 Å². The highest BCUT2D eigenvalue weighted by Crippen LogP contribution is 2.31. The zero-order chi connectivity index (χ0) is 20.4. The van der Waals surface area contributed by atoms with E-state index in [2.05, 4.69) is 30.6 Å². The first kappa shape index (κ1) is 23.3. The summed E-state index contributed by atoms with van der Waals surface area (Å²) in [6, 6.07) is 5.16. The Hall–Kier alpha value is -1.75. The lowest BCUT2D eigenvalue weighted by atomic mass is 9.86. The fraction of sp³-hybridized carbons (Fsp3) is 0.545. The Morgan fingerprint density at radius 3 is 2.15 bits per heavy atom. The van der Waals surface area contributed by atoms with Gasteiger partial charge in [-0.25, -0.2) is 0 Å². The predicted molar refractivity (Wildman–Crippen MR) is 109 cm³/mol. The van der Waals surface area contributed by atoms with Gasteiger partial charge in [-0.15, -0.1) is 0 Å². The maximum atomic E-state index is 12.6. The van der Waals surface area contributed by atoms with Crippen molar-refractivity contribution in [1.82, 2.24) is 5.32 Å². The second-order valence-corrected chi connectivity index (χ2v) is 6.64. The van der Waals surface area contributed by atoms with Gasteiger partial charge in [0.1, 0.15) is 0 Å². The van der Waals surface area contributed by atoms with Crippen LogP contribution in [0, 0.1) is 5.92 Å². The number of anilines is 1. The summed E-state index contributed by atoms with van der Waals surface area (Å²) in [5.41, 5.74) is 3.72. The Balaban J connectivity index is 0.00000176. The Morgan fingerprint density at radius 2 is 1.67 bits per heavy atom. The van der Waals surface area contributed by atoms with E-state index in [0.29, 0.717) is 11.6 Å². The molecule has 2 N–H and O–H groups in total. The maximum absolute atomic E-state index is 12.6. The number of piperidine rings is 1. The quantitative estimate of drug-likeness (QED) is 0.549. The van der Waals surface area contributed by atoms with E-state index in [0.717, 1.165) is 50.2 Å². The summed E-state index contributed by atoms with van der Waals surface area (Å²) < 4.78 is 37.9. The molecule has 0 aliphatic carbocycles. The van der Waals surface area contributed by atoms with Crippen LogP contribution in [0.15, 0.2) is 47.2 Å². The number of nitrogens with one attached hydrogen (secondary N) is 2. The van der Waals surface area contributed by atoms with Gasteiger partial charge in [0.25, 0.3) is 0 Å². The van der Waals surface area contributed by atoms with E-state index in [1.165, 1.54) is 23.3 Å². The van der Waals surface area contributed by atoms with E-state index in [4.69, 9.17) is 0 Å². The zero-order valence-electron chi connectivity index (χ0n) is 17.1. The van der Waals surface area contributed by atoms with Gasteiger partial charge in [0, 0.05) is 11.4 Å². The first-order chi connectivity index (χ1) is 12.8. The third kappa shape index (κ3) is 7.41. The minimum atomic E-state index is -4.30. The molecular weight excluding hydrogens is 349 g/mol. The molecule has 1 aliphatic heterocycles. The Labute approximate surface area is 161 Å². The standard InChI is InChI=1S/C20H27F3N2.C2H6/c1-4-14(2)19(16-9-11-24-12-10-16)13-15(3)25-18-7-5-17(6-8-18)20(21,22)23;1-2/h5-8,13,16,24-25H,4,9-12H2,1-3H3;1-2H3/b15-13-,19-14-;. The molecule has 1 heterocycles. The van der Waals surface area contributed by atoms with Crippen molar-refractivity contribution in [3.05, 3.63) is 52.7 Å². The highest BCUT2D eigenvalue weighted by atomic mass is 19.4. The lowest BCUT2D eigenvalue weighted by Gasteiger charge is -2.26. The smallest absolute Gasteiger partial charge is 0.359 e. The summed E-state index contributed by atoms with van der Waals surface area (Å²) in [6.45, 7) is 12.3. The zero-order valence-corrected chi connectivity index (χ0v) is 17.1. The second kappa shape index (κ2) is 11.2. The molecule has 1 aliphatic rings. The van der Waals surface area contributed by atoms with Crippen molar-refractivity contribution in [2.75, 3.05) is 18.4 Å². The van der Waals surface area contributed by atoms with Crippen molar-refractivity contribution in [3.63, 3.8) is 0 Å². The fourth-order valence-corrected chi connectivity index (χ4v) is 3.17. The summed E-state index contributed by atoms with van der Waals surface area (Å²) in [7, 11) is 0. The number of hydrogen-bond acceptors (Lipinski definition) is 2. The van der Waals surface area contributed by atoms with Gasteiger partial charge in [-0.3, -0.25) is 0 Å². The predicted octanol–water partition coefficient (Wildman–Crippen LogP) is 6.77. The molecule has 5 heteroatoms. The van der Waals surface area contributed by atoms with Crippen molar-refractivity contribution < 1.29 is 13.2 Å². The van der Waals surface area contributed by atoms with E-state index in [9.17, 15) is 13.2 Å². The fourth-order valence-electron chi connectivity index (χ4n) is 3.17. The Morgan fingerprint density at radius 1 is 1.11 bits per heavy atom. The number of hydrogen-bond donors (Lipinski definition) is 2. The van der Waals surface area contributed by atoms with Crippen LogP contribution in [0.4, 0.5) is 18.9 Å². The summed E-state index contributed by atoms with van der Waals surface area (Å²) in [4.78, 5) is 0. The van der Waals surface area contributed by atoms with Crippen molar-refractivity contribution in [1.29, 1.82) is 0 Å². The number of allylic oxidation sites excluding steroid dienone is 4. The molecule has 0 aromatic heterocycles. The molecule has 2 nitrogen and oxygen atoms in total. The highest BCUT2D eigenvalue weighted by Gasteiger charge is 2.29. The highest BCUT2D eigenvalue weighted by molar-refractivity contribution is 5.50. The van der Waals surface area contributed by atoms with E-state index in [-0.39, 0.29) is 0 Å². The largest absolute Gasteiger partial charge is 0.416 e. The van der Waals surface area contributed by atoms with E-state index in [1.807, 2.05) is 20.8 Å².